The normalized spacial score (nSPS) is 41.8. The van der Waals surface area contributed by atoms with Crippen LogP contribution in [0.5, 0.6) is 0 Å². The van der Waals surface area contributed by atoms with Gasteiger partial charge in [0.25, 0.3) is 0 Å². The Balaban J connectivity index is 1.43. The predicted octanol–water partition coefficient (Wildman–Crippen LogP) is 4.06. The number of aliphatic hydroxyl groups excluding tert-OH is 1. The zero-order valence-electron chi connectivity index (χ0n) is 23.1. The van der Waals surface area contributed by atoms with Gasteiger partial charge in [-0.2, -0.15) is 0 Å². The van der Waals surface area contributed by atoms with E-state index in [1.165, 1.54) is 0 Å². The van der Waals surface area contributed by atoms with Gasteiger partial charge in [0.15, 0.2) is 5.78 Å². The molecule has 1 aromatic carbocycles. The van der Waals surface area contributed by atoms with Crippen molar-refractivity contribution in [1.29, 1.82) is 0 Å². The van der Waals surface area contributed by atoms with Gasteiger partial charge in [0.05, 0.1) is 11.7 Å². The summed E-state index contributed by atoms with van der Waals surface area (Å²) in [5.74, 6) is -1.48. The monoisotopic (exact) mass is 530 g/mol. The van der Waals surface area contributed by atoms with E-state index in [1.54, 1.807) is 6.92 Å². The third-order valence-corrected chi connectivity index (χ3v) is 10.1. The molecule has 206 valence electrons. The number of hydrogen-bond donors (Lipinski definition) is 3. The Labute approximate surface area is 229 Å². The molecule has 1 amide bonds. The van der Waals surface area contributed by atoms with E-state index < -0.39 is 23.0 Å². The number of hydrogen-bond acceptors (Lipinski definition) is 5. The van der Waals surface area contributed by atoms with Gasteiger partial charge in [0, 0.05) is 41.4 Å². The van der Waals surface area contributed by atoms with Crippen molar-refractivity contribution in [2.45, 2.75) is 77.2 Å². The molecule has 0 radical (unpaired) electrons. The van der Waals surface area contributed by atoms with Crippen molar-refractivity contribution < 1.29 is 24.2 Å². The van der Waals surface area contributed by atoms with Gasteiger partial charge in [-0.3, -0.25) is 14.4 Å². The van der Waals surface area contributed by atoms with Crippen LogP contribution in [0, 0.1) is 29.1 Å². The summed E-state index contributed by atoms with van der Waals surface area (Å²) in [6, 6.07) is 7.85. The fraction of sp³-hybridized carbons (Fsp3) is 0.531. The summed E-state index contributed by atoms with van der Waals surface area (Å²) >= 11 is 0. The van der Waals surface area contributed by atoms with Crippen LogP contribution in [0.1, 0.15) is 52.5 Å². The van der Waals surface area contributed by atoms with E-state index in [0.29, 0.717) is 18.4 Å². The number of epoxide rings is 1. The summed E-state index contributed by atoms with van der Waals surface area (Å²) in [5.41, 5.74) is 0.921. The van der Waals surface area contributed by atoms with Crippen LogP contribution in [0.15, 0.2) is 54.3 Å². The lowest BCUT2D eigenvalue weighted by Crippen LogP contribution is -2.58. The Morgan fingerprint density at radius 3 is 2.72 bits per heavy atom. The average Bonchev–Trinajstić information content (AvgIpc) is 3.31. The summed E-state index contributed by atoms with van der Waals surface area (Å²) < 4.78 is 6.35. The quantitative estimate of drug-likeness (QED) is 0.308. The van der Waals surface area contributed by atoms with Crippen LogP contribution in [0.2, 0.25) is 0 Å². The number of ether oxygens (including phenoxy) is 1. The van der Waals surface area contributed by atoms with Crippen molar-refractivity contribution in [1.82, 2.24) is 10.3 Å². The number of Topliss-reactive ketones (excluding diaryl/α,β-unsaturated/α-hetero) is 2. The number of aliphatic hydroxyl groups is 1. The van der Waals surface area contributed by atoms with E-state index in [0.717, 1.165) is 16.5 Å². The highest BCUT2D eigenvalue weighted by Crippen LogP contribution is 2.66. The molecule has 7 nitrogen and oxygen atoms in total. The molecular weight excluding hydrogens is 492 g/mol. The standard InChI is InChI=1S/C32H38N2O5/c1-17-8-7-10-22-29-31(4,39-29)19(3)27-24(15-20-16-33-23-11-6-5-9-21(20)23)34-30(38)32(22,27)26(36)13-12-25(35)28(37)18(2)14-17/h5-7,9-11,14,16-17,19,22,24-25,27,29,33,35H,8,12-13,15H2,1-4H3,(H,34,38)/b10-7?,18-14-/t17-,19-,22-,24-,25-,27-,29-,31+,32+/m0/s1. The Kier molecular flexibility index (Phi) is 6.23. The number of carbonyl (C=O) groups excluding carboxylic acids is 3. The second kappa shape index (κ2) is 9.27. The maximum atomic E-state index is 14.3. The zero-order chi connectivity index (χ0) is 27.7. The van der Waals surface area contributed by atoms with E-state index >= 15 is 0 Å². The van der Waals surface area contributed by atoms with Gasteiger partial charge in [-0.05, 0) is 62.1 Å². The SMILES string of the molecule is C/C1=C/[C@@H](C)CC=C[C@H]2[C@@H]3O[C@]3(C)[C@@H](C)[C@H]3[C@H](Cc4c[nH]c5ccccc45)NC(=O)[C@]32C(=O)CC[C@H](O)C1=O. The number of fused-ring (bicyclic) bond motifs is 3. The lowest BCUT2D eigenvalue weighted by atomic mass is 9.51. The van der Waals surface area contributed by atoms with Crippen molar-refractivity contribution in [3.05, 3.63) is 59.8 Å². The summed E-state index contributed by atoms with van der Waals surface area (Å²) in [4.78, 5) is 44.7. The van der Waals surface area contributed by atoms with Crippen molar-refractivity contribution >= 4 is 28.4 Å². The number of benzene rings is 1. The lowest BCUT2D eigenvalue weighted by molar-refractivity contribution is -0.148. The number of ketones is 2. The molecule has 0 bridgehead atoms. The Bertz CT molecular complexity index is 1410. The first-order valence-corrected chi connectivity index (χ1v) is 14.2. The second-order valence-electron chi connectivity index (χ2n) is 12.4. The van der Waals surface area contributed by atoms with Crippen molar-refractivity contribution in [2.75, 3.05) is 0 Å². The fourth-order valence-electron chi connectivity index (χ4n) is 7.95. The van der Waals surface area contributed by atoms with Crippen LogP contribution in [0.25, 0.3) is 10.9 Å². The molecule has 1 aromatic heterocycles. The Morgan fingerprint density at radius 1 is 1.15 bits per heavy atom. The average molecular weight is 531 g/mol. The molecule has 1 saturated carbocycles. The van der Waals surface area contributed by atoms with Gasteiger partial charge < -0.3 is 20.1 Å². The second-order valence-corrected chi connectivity index (χ2v) is 12.4. The van der Waals surface area contributed by atoms with Crippen LogP contribution in [-0.4, -0.2) is 51.4 Å². The number of amides is 1. The molecule has 2 aliphatic heterocycles. The molecule has 3 N–H and O–H groups in total. The number of nitrogens with one attached hydrogen (secondary N) is 2. The molecule has 2 aliphatic carbocycles. The molecule has 1 spiro atoms. The van der Waals surface area contributed by atoms with E-state index in [2.05, 4.69) is 30.2 Å². The first-order chi connectivity index (χ1) is 18.6. The van der Waals surface area contributed by atoms with Crippen LogP contribution in [0.3, 0.4) is 0 Å². The van der Waals surface area contributed by atoms with Gasteiger partial charge in [0.1, 0.15) is 17.3 Å². The molecule has 2 aromatic rings. The maximum absolute atomic E-state index is 14.3. The topological polar surface area (TPSA) is 112 Å². The van der Waals surface area contributed by atoms with E-state index in [9.17, 15) is 19.5 Å². The minimum Gasteiger partial charge on any atom is -0.385 e. The molecule has 3 fully saturated rings. The highest BCUT2D eigenvalue weighted by Gasteiger charge is 2.78. The number of carbonyl (C=O) groups is 3. The lowest BCUT2D eigenvalue weighted by Gasteiger charge is -2.46. The van der Waals surface area contributed by atoms with Gasteiger partial charge in [-0.15, -0.1) is 0 Å². The minimum absolute atomic E-state index is 0.000298. The van der Waals surface area contributed by atoms with E-state index in [4.69, 9.17) is 4.74 Å². The molecule has 7 heteroatoms. The van der Waals surface area contributed by atoms with Crippen LogP contribution < -0.4 is 5.32 Å². The van der Waals surface area contributed by atoms with Crippen molar-refractivity contribution in [2.24, 2.45) is 29.1 Å². The van der Waals surface area contributed by atoms with Crippen LogP contribution in [-0.2, 0) is 25.5 Å². The third-order valence-electron chi connectivity index (χ3n) is 10.1. The zero-order valence-corrected chi connectivity index (χ0v) is 23.1. The van der Waals surface area contributed by atoms with Gasteiger partial charge >= 0.3 is 0 Å². The van der Waals surface area contributed by atoms with E-state index in [1.807, 2.05) is 49.5 Å². The molecule has 6 rings (SSSR count). The molecule has 2 saturated heterocycles. The molecule has 4 aliphatic rings. The van der Waals surface area contributed by atoms with Crippen molar-refractivity contribution in [3.63, 3.8) is 0 Å². The summed E-state index contributed by atoms with van der Waals surface area (Å²) in [6.07, 6.45) is 7.67. The number of allylic oxidation sites excluding steroid dienone is 2. The van der Waals surface area contributed by atoms with Crippen molar-refractivity contribution in [3.8, 4) is 0 Å². The molecular formula is C32H38N2O5. The molecule has 9 atom stereocenters. The number of H-pyrrole nitrogens is 1. The summed E-state index contributed by atoms with van der Waals surface area (Å²) in [5, 5.41) is 15.1. The molecule has 0 unspecified atom stereocenters. The predicted molar refractivity (Wildman–Crippen MR) is 148 cm³/mol. The third kappa shape index (κ3) is 3.88. The van der Waals surface area contributed by atoms with Crippen LogP contribution >= 0.6 is 0 Å². The molecule has 39 heavy (non-hydrogen) atoms. The first-order valence-electron chi connectivity index (χ1n) is 14.2. The first kappa shape index (κ1) is 26.2. The minimum atomic E-state index is -1.31. The highest BCUT2D eigenvalue weighted by atomic mass is 16.6. The highest BCUT2D eigenvalue weighted by molar-refractivity contribution is 6.09. The van der Waals surface area contributed by atoms with Gasteiger partial charge in [0.2, 0.25) is 5.91 Å². The van der Waals surface area contributed by atoms with E-state index in [-0.39, 0.29) is 60.2 Å². The van der Waals surface area contributed by atoms with Gasteiger partial charge in [-0.1, -0.05) is 50.3 Å². The fourth-order valence-corrected chi connectivity index (χ4v) is 7.95. The number of para-hydroxylation sites is 1. The number of aromatic nitrogens is 1. The largest absolute Gasteiger partial charge is 0.385 e. The smallest absolute Gasteiger partial charge is 0.235 e. The Hall–Kier alpha value is -3.03. The maximum Gasteiger partial charge on any atom is 0.235 e. The summed E-state index contributed by atoms with van der Waals surface area (Å²) in [6.45, 7) is 7.95. The number of aromatic amines is 1. The number of rotatable bonds is 2. The Morgan fingerprint density at radius 2 is 1.92 bits per heavy atom. The van der Waals surface area contributed by atoms with Crippen LogP contribution in [0.4, 0.5) is 0 Å². The molecule has 3 heterocycles. The summed E-state index contributed by atoms with van der Waals surface area (Å²) in [7, 11) is 0. The van der Waals surface area contributed by atoms with Gasteiger partial charge in [-0.25, -0.2) is 0 Å².